The minimum absolute atomic E-state index is 0.306. The number of aryl methyl sites for hydroxylation is 1. The van der Waals surface area contributed by atoms with E-state index in [1.165, 1.54) is 10.9 Å². The molecule has 0 aliphatic carbocycles. The third-order valence-corrected chi connectivity index (χ3v) is 5.34. The van der Waals surface area contributed by atoms with E-state index in [0.717, 1.165) is 28.0 Å². The van der Waals surface area contributed by atoms with Gasteiger partial charge in [0, 0.05) is 17.8 Å². The summed E-state index contributed by atoms with van der Waals surface area (Å²) in [5.74, 6) is 0.556. The number of hydrogen-bond acceptors (Lipinski definition) is 4. The van der Waals surface area contributed by atoms with Gasteiger partial charge in [-0.15, -0.1) is 0 Å². The Morgan fingerprint density at radius 3 is 2.50 bits per heavy atom. The number of nitrogens with one attached hydrogen (secondary N) is 1. The van der Waals surface area contributed by atoms with Crippen LogP contribution in [0.25, 0.3) is 10.8 Å². The van der Waals surface area contributed by atoms with Gasteiger partial charge >= 0.3 is 5.97 Å². The molecule has 0 fully saturated rings. The van der Waals surface area contributed by atoms with Crippen LogP contribution in [-0.4, -0.2) is 12.6 Å². The Kier molecular flexibility index (Phi) is 6.71. The summed E-state index contributed by atoms with van der Waals surface area (Å²) in [6.07, 6.45) is 0. The number of fused-ring (bicyclic) bond motifs is 1. The van der Waals surface area contributed by atoms with Crippen LogP contribution in [0.5, 0.6) is 5.75 Å². The molecular formula is C28H27NO3. The van der Waals surface area contributed by atoms with Crippen molar-refractivity contribution in [2.75, 3.05) is 11.9 Å². The Bertz CT molecular complexity index is 1220. The molecule has 4 aromatic carbocycles. The van der Waals surface area contributed by atoms with Gasteiger partial charge in [0.05, 0.1) is 12.2 Å². The first-order valence-electron chi connectivity index (χ1n) is 10.8. The van der Waals surface area contributed by atoms with Crippen LogP contribution >= 0.6 is 0 Å². The normalized spacial score (nSPS) is 10.7. The maximum Gasteiger partial charge on any atom is 0.338 e. The molecule has 0 saturated heterocycles. The fourth-order valence-corrected chi connectivity index (χ4v) is 3.73. The molecule has 162 valence electrons. The number of esters is 1. The molecule has 0 unspecified atom stereocenters. The average molecular weight is 426 g/mol. The van der Waals surface area contributed by atoms with Crippen LogP contribution in [0.2, 0.25) is 0 Å². The molecule has 0 atom stereocenters. The lowest BCUT2D eigenvalue weighted by molar-refractivity contribution is 0.0526. The lowest BCUT2D eigenvalue weighted by Gasteiger charge is -2.16. The van der Waals surface area contributed by atoms with Gasteiger partial charge in [0.15, 0.2) is 0 Å². The van der Waals surface area contributed by atoms with Gasteiger partial charge in [-0.25, -0.2) is 4.79 Å². The molecule has 4 nitrogen and oxygen atoms in total. The molecule has 32 heavy (non-hydrogen) atoms. The van der Waals surface area contributed by atoms with Crippen molar-refractivity contribution >= 4 is 22.4 Å². The van der Waals surface area contributed by atoms with Crippen LogP contribution in [-0.2, 0) is 17.9 Å². The van der Waals surface area contributed by atoms with Gasteiger partial charge in [-0.2, -0.15) is 0 Å². The van der Waals surface area contributed by atoms with Gasteiger partial charge in [-0.3, -0.25) is 0 Å². The number of anilines is 1. The van der Waals surface area contributed by atoms with E-state index < -0.39 is 0 Å². The molecule has 0 amide bonds. The molecule has 4 aromatic rings. The number of carbonyl (C=O) groups is 1. The van der Waals surface area contributed by atoms with E-state index >= 15 is 0 Å². The molecule has 0 aliphatic rings. The van der Waals surface area contributed by atoms with Crippen molar-refractivity contribution < 1.29 is 14.3 Å². The number of hydrogen-bond donors (Lipinski definition) is 1. The Labute approximate surface area is 188 Å². The summed E-state index contributed by atoms with van der Waals surface area (Å²) in [7, 11) is 0. The smallest absolute Gasteiger partial charge is 0.338 e. The van der Waals surface area contributed by atoms with Crippen molar-refractivity contribution in [1.82, 2.24) is 0 Å². The molecule has 0 radical (unpaired) electrons. The molecule has 4 rings (SSSR count). The van der Waals surface area contributed by atoms with Crippen molar-refractivity contribution in [3.63, 3.8) is 0 Å². The fourth-order valence-electron chi connectivity index (χ4n) is 3.73. The Hall–Kier alpha value is -3.79. The van der Waals surface area contributed by atoms with E-state index in [9.17, 15) is 4.79 Å². The fraction of sp³-hybridized carbons (Fsp3) is 0.179. The number of carbonyl (C=O) groups excluding carboxylic acids is 1. The third kappa shape index (κ3) is 5.09. The van der Waals surface area contributed by atoms with E-state index in [1.807, 2.05) is 30.3 Å². The molecule has 0 bridgehead atoms. The predicted molar refractivity (Wildman–Crippen MR) is 129 cm³/mol. The molecule has 1 N–H and O–H groups in total. The second-order valence-electron chi connectivity index (χ2n) is 7.69. The highest BCUT2D eigenvalue weighted by molar-refractivity contribution is 5.90. The van der Waals surface area contributed by atoms with Gasteiger partial charge in [-0.05, 0) is 60.5 Å². The maximum absolute atomic E-state index is 11.9. The number of ether oxygens (including phenoxy) is 2. The number of rotatable bonds is 8. The van der Waals surface area contributed by atoms with Crippen molar-refractivity contribution in [2.45, 2.75) is 27.0 Å². The predicted octanol–water partition coefficient (Wildman–Crippen LogP) is 6.52. The largest absolute Gasteiger partial charge is 0.489 e. The third-order valence-electron chi connectivity index (χ3n) is 5.34. The number of benzene rings is 4. The zero-order chi connectivity index (χ0) is 22.3. The summed E-state index contributed by atoms with van der Waals surface area (Å²) in [5, 5.41) is 5.80. The highest BCUT2D eigenvalue weighted by Crippen LogP contribution is 2.30. The van der Waals surface area contributed by atoms with E-state index in [2.05, 4.69) is 54.7 Å². The van der Waals surface area contributed by atoms with Crippen molar-refractivity contribution in [3.8, 4) is 5.75 Å². The lowest BCUT2D eigenvalue weighted by Crippen LogP contribution is -2.06. The zero-order valence-electron chi connectivity index (χ0n) is 18.4. The lowest BCUT2D eigenvalue weighted by atomic mass is 10.0. The van der Waals surface area contributed by atoms with Crippen LogP contribution in [0.15, 0.2) is 84.9 Å². The summed E-state index contributed by atoms with van der Waals surface area (Å²) in [6.45, 7) is 5.37. The molecular weight excluding hydrogens is 398 g/mol. The quantitative estimate of drug-likeness (QED) is 0.327. The zero-order valence-corrected chi connectivity index (χ0v) is 18.4. The van der Waals surface area contributed by atoms with Gasteiger partial charge in [0.2, 0.25) is 0 Å². The maximum atomic E-state index is 11.9. The van der Waals surface area contributed by atoms with Crippen LogP contribution in [0.1, 0.15) is 34.0 Å². The summed E-state index contributed by atoms with van der Waals surface area (Å²) in [4.78, 5) is 11.9. The van der Waals surface area contributed by atoms with Gasteiger partial charge in [0.25, 0.3) is 0 Å². The van der Waals surface area contributed by atoms with E-state index in [4.69, 9.17) is 9.47 Å². The summed E-state index contributed by atoms with van der Waals surface area (Å²) in [6, 6.07) is 28.2. The summed E-state index contributed by atoms with van der Waals surface area (Å²) < 4.78 is 11.3. The van der Waals surface area contributed by atoms with E-state index in [-0.39, 0.29) is 5.97 Å². The molecule has 0 aliphatic heterocycles. The first kappa shape index (κ1) is 21.4. The monoisotopic (exact) mass is 425 g/mol. The van der Waals surface area contributed by atoms with Gasteiger partial charge in [-0.1, -0.05) is 60.2 Å². The van der Waals surface area contributed by atoms with Crippen molar-refractivity contribution in [1.29, 1.82) is 0 Å². The minimum atomic E-state index is -0.306. The molecule has 0 heterocycles. The van der Waals surface area contributed by atoms with Crippen molar-refractivity contribution in [3.05, 3.63) is 107 Å². The van der Waals surface area contributed by atoms with Gasteiger partial charge in [0.1, 0.15) is 12.4 Å². The Balaban J connectivity index is 1.55. The highest BCUT2D eigenvalue weighted by Gasteiger charge is 2.11. The molecule has 0 spiro atoms. The van der Waals surface area contributed by atoms with Crippen LogP contribution in [0.3, 0.4) is 0 Å². The van der Waals surface area contributed by atoms with E-state index in [1.54, 1.807) is 19.1 Å². The molecule has 4 heteroatoms. The first-order valence-corrected chi connectivity index (χ1v) is 10.8. The topological polar surface area (TPSA) is 47.6 Å². The molecule has 0 aromatic heterocycles. The van der Waals surface area contributed by atoms with Crippen LogP contribution < -0.4 is 10.1 Å². The average Bonchev–Trinajstić information content (AvgIpc) is 2.82. The summed E-state index contributed by atoms with van der Waals surface area (Å²) >= 11 is 0. The second-order valence-corrected chi connectivity index (χ2v) is 7.69. The van der Waals surface area contributed by atoms with Gasteiger partial charge < -0.3 is 14.8 Å². The SMILES string of the molecule is CCOC(=O)c1ccc(NCc2c(OCc3cccc(C)c3)ccc3ccccc23)cc1. The summed E-state index contributed by atoms with van der Waals surface area (Å²) in [5.41, 5.74) is 4.94. The van der Waals surface area contributed by atoms with Crippen LogP contribution in [0, 0.1) is 6.92 Å². The highest BCUT2D eigenvalue weighted by atomic mass is 16.5. The standard InChI is InChI=1S/C28H27NO3/c1-3-31-28(30)23-11-14-24(15-12-23)29-18-26-25-10-5-4-9-22(25)13-16-27(26)32-19-21-8-6-7-20(2)17-21/h4-17,29H,3,18-19H2,1-2H3. The first-order chi connectivity index (χ1) is 15.6. The second kappa shape index (κ2) is 10.0. The Morgan fingerprint density at radius 1 is 0.906 bits per heavy atom. The Morgan fingerprint density at radius 2 is 1.72 bits per heavy atom. The van der Waals surface area contributed by atoms with Crippen LogP contribution in [0.4, 0.5) is 5.69 Å². The minimum Gasteiger partial charge on any atom is -0.489 e. The van der Waals surface area contributed by atoms with Crippen molar-refractivity contribution in [2.24, 2.45) is 0 Å². The molecule has 0 saturated carbocycles. The van der Waals surface area contributed by atoms with E-state index in [0.29, 0.717) is 25.3 Å².